The van der Waals surface area contributed by atoms with Crippen LogP contribution in [0.4, 0.5) is 5.69 Å². The number of anilines is 1. The smallest absolute Gasteiger partial charge is 0.334 e. The van der Waals surface area contributed by atoms with Gasteiger partial charge in [-0.05, 0) is 43.5 Å². The van der Waals surface area contributed by atoms with Crippen molar-refractivity contribution in [3.63, 3.8) is 0 Å². The van der Waals surface area contributed by atoms with Gasteiger partial charge in [0, 0.05) is 43.5 Å². The summed E-state index contributed by atoms with van der Waals surface area (Å²) in [5.41, 5.74) is 1.48. The number of aliphatic carboxylic acids is 1. The molecule has 0 radical (unpaired) electrons. The molecule has 1 fully saturated rings. The van der Waals surface area contributed by atoms with E-state index in [1.54, 1.807) is 12.1 Å². The number of aliphatic hydroxyl groups is 1. The number of guanidine groups is 1. The molecular formula is C19H27N5O4. The van der Waals surface area contributed by atoms with Crippen LogP contribution in [0.3, 0.4) is 0 Å². The average molecular weight is 389 g/mol. The number of hydrogen-bond acceptors (Lipinski definition) is 7. The Morgan fingerprint density at radius 2 is 1.96 bits per heavy atom. The van der Waals surface area contributed by atoms with Crippen LogP contribution in [0.1, 0.15) is 29.6 Å². The van der Waals surface area contributed by atoms with Crippen LogP contribution in [-0.2, 0) is 4.79 Å². The van der Waals surface area contributed by atoms with Crippen LogP contribution in [0, 0.1) is 0 Å². The minimum Gasteiger partial charge on any atom is -0.479 e. The van der Waals surface area contributed by atoms with Crippen LogP contribution in [0.15, 0.2) is 29.3 Å². The van der Waals surface area contributed by atoms with Crippen molar-refractivity contribution in [2.45, 2.75) is 31.4 Å². The number of benzene rings is 1. The molecular weight excluding hydrogens is 362 g/mol. The maximum atomic E-state index is 12.0. The largest absolute Gasteiger partial charge is 0.479 e. The third kappa shape index (κ3) is 5.35. The second-order valence-electron chi connectivity index (χ2n) is 7.03. The van der Waals surface area contributed by atoms with Crippen LogP contribution in [0.25, 0.3) is 0 Å². The van der Waals surface area contributed by atoms with Gasteiger partial charge >= 0.3 is 5.97 Å². The molecule has 1 aromatic rings. The third-order valence-corrected chi connectivity index (χ3v) is 4.97. The van der Waals surface area contributed by atoms with E-state index < -0.39 is 18.0 Å². The van der Waals surface area contributed by atoms with Crippen molar-refractivity contribution in [2.75, 3.05) is 37.6 Å². The lowest BCUT2D eigenvalue weighted by atomic mass is 10.0. The SMILES string of the molecule is O=C(NC[C@H](O)C(=O)O)c1ccc(N2CCC(NC3=NCCCN3)CC2)cc1. The lowest BCUT2D eigenvalue weighted by molar-refractivity contribution is -0.146. The molecule has 0 aromatic heterocycles. The van der Waals surface area contributed by atoms with Gasteiger partial charge in [-0.3, -0.25) is 9.79 Å². The second-order valence-corrected chi connectivity index (χ2v) is 7.03. The zero-order valence-electron chi connectivity index (χ0n) is 15.7. The van der Waals surface area contributed by atoms with Gasteiger partial charge in [0.1, 0.15) is 0 Å². The topological polar surface area (TPSA) is 126 Å². The molecule has 2 aliphatic rings. The fourth-order valence-electron chi connectivity index (χ4n) is 3.31. The first-order valence-corrected chi connectivity index (χ1v) is 9.62. The van der Waals surface area contributed by atoms with E-state index in [-0.39, 0.29) is 6.54 Å². The van der Waals surface area contributed by atoms with Gasteiger partial charge in [-0.2, -0.15) is 0 Å². The maximum absolute atomic E-state index is 12.0. The molecule has 0 bridgehead atoms. The number of aliphatic imine (C=N–C) groups is 1. The molecule has 9 heteroatoms. The summed E-state index contributed by atoms with van der Waals surface area (Å²) in [5, 5.41) is 27.0. The summed E-state index contributed by atoms with van der Waals surface area (Å²) in [6.45, 7) is 3.36. The van der Waals surface area contributed by atoms with Crippen LogP contribution >= 0.6 is 0 Å². The summed E-state index contributed by atoms with van der Waals surface area (Å²) in [5.74, 6) is -0.858. The van der Waals surface area contributed by atoms with E-state index in [4.69, 9.17) is 5.11 Å². The van der Waals surface area contributed by atoms with E-state index in [2.05, 4.69) is 25.8 Å². The Hall–Kier alpha value is -2.81. The number of nitrogens with zero attached hydrogens (tertiary/aromatic N) is 2. The summed E-state index contributed by atoms with van der Waals surface area (Å²) >= 11 is 0. The molecule has 2 aliphatic heterocycles. The van der Waals surface area contributed by atoms with Crippen molar-refractivity contribution in [1.29, 1.82) is 0 Å². The van der Waals surface area contributed by atoms with Gasteiger partial charge < -0.3 is 31.1 Å². The molecule has 1 amide bonds. The monoisotopic (exact) mass is 389 g/mol. The highest BCUT2D eigenvalue weighted by Crippen LogP contribution is 2.20. The molecule has 0 saturated carbocycles. The average Bonchev–Trinajstić information content (AvgIpc) is 2.73. The number of rotatable bonds is 6. The molecule has 2 heterocycles. The highest BCUT2D eigenvalue weighted by Gasteiger charge is 2.21. The second kappa shape index (κ2) is 9.41. The molecule has 1 aromatic carbocycles. The number of hydrogen-bond donors (Lipinski definition) is 5. The van der Waals surface area contributed by atoms with Crippen LogP contribution in [-0.4, -0.2) is 72.9 Å². The molecule has 3 rings (SSSR count). The summed E-state index contributed by atoms with van der Waals surface area (Å²) in [4.78, 5) is 29.4. The first-order chi connectivity index (χ1) is 13.5. The van der Waals surface area contributed by atoms with Crippen molar-refractivity contribution >= 4 is 23.5 Å². The Morgan fingerprint density at radius 1 is 1.25 bits per heavy atom. The molecule has 28 heavy (non-hydrogen) atoms. The van der Waals surface area contributed by atoms with Gasteiger partial charge in [0.05, 0.1) is 6.54 Å². The Morgan fingerprint density at radius 3 is 2.57 bits per heavy atom. The predicted octanol–water partition coefficient (Wildman–Crippen LogP) is -0.230. The molecule has 0 aliphatic carbocycles. The number of carboxylic acid groups (broad SMARTS) is 1. The fourth-order valence-corrected chi connectivity index (χ4v) is 3.31. The van der Waals surface area contributed by atoms with Crippen molar-refractivity contribution in [3.05, 3.63) is 29.8 Å². The fraction of sp³-hybridized carbons (Fsp3) is 0.526. The summed E-state index contributed by atoms with van der Waals surface area (Å²) < 4.78 is 0. The van der Waals surface area contributed by atoms with Gasteiger partial charge in [-0.25, -0.2) is 4.79 Å². The Bertz CT molecular complexity index is 714. The van der Waals surface area contributed by atoms with Gasteiger partial charge in [0.25, 0.3) is 5.91 Å². The molecule has 1 saturated heterocycles. The number of carbonyl (C=O) groups excluding carboxylic acids is 1. The van der Waals surface area contributed by atoms with E-state index in [0.717, 1.165) is 57.1 Å². The lowest BCUT2D eigenvalue weighted by Crippen LogP contribution is -2.50. The van der Waals surface area contributed by atoms with Gasteiger partial charge in [0.2, 0.25) is 0 Å². The quantitative estimate of drug-likeness (QED) is 0.455. The molecule has 0 spiro atoms. The van der Waals surface area contributed by atoms with E-state index in [1.807, 2.05) is 12.1 Å². The Balaban J connectivity index is 1.47. The van der Waals surface area contributed by atoms with Crippen molar-refractivity contribution in [1.82, 2.24) is 16.0 Å². The molecule has 152 valence electrons. The number of amides is 1. The van der Waals surface area contributed by atoms with Crippen LogP contribution in [0.5, 0.6) is 0 Å². The molecule has 9 nitrogen and oxygen atoms in total. The first-order valence-electron chi connectivity index (χ1n) is 9.62. The highest BCUT2D eigenvalue weighted by molar-refractivity contribution is 5.94. The van der Waals surface area contributed by atoms with Crippen molar-refractivity contribution in [3.8, 4) is 0 Å². The third-order valence-electron chi connectivity index (χ3n) is 4.97. The molecule has 1 atom stereocenters. The van der Waals surface area contributed by atoms with E-state index in [9.17, 15) is 14.7 Å². The number of nitrogens with one attached hydrogen (secondary N) is 3. The zero-order chi connectivity index (χ0) is 19.9. The number of piperidine rings is 1. The van der Waals surface area contributed by atoms with Crippen LogP contribution < -0.4 is 20.9 Å². The Kier molecular flexibility index (Phi) is 6.70. The lowest BCUT2D eigenvalue weighted by Gasteiger charge is -2.35. The number of carbonyl (C=O) groups is 2. The predicted molar refractivity (Wildman–Crippen MR) is 106 cm³/mol. The molecule has 0 unspecified atom stereocenters. The number of aliphatic hydroxyl groups excluding tert-OH is 1. The summed E-state index contributed by atoms with van der Waals surface area (Å²) in [6.07, 6.45) is 1.50. The normalized spacial score (nSPS) is 18.6. The van der Waals surface area contributed by atoms with Crippen molar-refractivity contribution < 1.29 is 19.8 Å². The Labute approximate surface area is 163 Å². The van der Waals surface area contributed by atoms with E-state index in [1.165, 1.54) is 0 Å². The maximum Gasteiger partial charge on any atom is 0.334 e. The summed E-state index contributed by atoms with van der Waals surface area (Å²) in [6, 6.07) is 7.61. The van der Waals surface area contributed by atoms with Crippen LogP contribution in [0.2, 0.25) is 0 Å². The zero-order valence-corrected chi connectivity index (χ0v) is 15.7. The minimum atomic E-state index is -1.60. The van der Waals surface area contributed by atoms with E-state index in [0.29, 0.717) is 11.6 Å². The highest BCUT2D eigenvalue weighted by atomic mass is 16.4. The molecule has 5 N–H and O–H groups in total. The summed E-state index contributed by atoms with van der Waals surface area (Å²) in [7, 11) is 0. The van der Waals surface area contributed by atoms with Crippen molar-refractivity contribution in [2.24, 2.45) is 4.99 Å². The van der Waals surface area contributed by atoms with Gasteiger partial charge in [-0.1, -0.05) is 0 Å². The standard InChI is InChI=1S/C19H27N5O4/c25-16(18(27)28)12-22-17(26)13-2-4-15(5-3-13)24-10-6-14(7-11-24)23-19-20-8-1-9-21-19/h2-5,14,16,25H,1,6-12H2,(H,22,26)(H,27,28)(H2,20,21,23)/t16-/m0/s1. The van der Waals surface area contributed by atoms with E-state index >= 15 is 0 Å². The van der Waals surface area contributed by atoms with Gasteiger partial charge in [0.15, 0.2) is 12.1 Å². The number of carboxylic acids is 1. The minimum absolute atomic E-state index is 0.323. The van der Waals surface area contributed by atoms with Gasteiger partial charge in [-0.15, -0.1) is 0 Å². The first kappa shape index (κ1) is 19.9.